The minimum Gasteiger partial charge on any atom is -0.412 e. The lowest BCUT2D eigenvalue weighted by Gasteiger charge is -2.28. The average molecular weight is 290 g/mol. The van der Waals surface area contributed by atoms with Crippen LogP contribution in [0.5, 0.6) is 0 Å². The van der Waals surface area contributed by atoms with E-state index >= 15 is 0 Å². The summed E-state index contributed by atoms with van der Waals surface area (Å²) in [6.07, 6.45) is 2.44. The minimum atomic E-state index is -5.42. The number of hydrogen-bond acceptors (Lipinski definition) is 4. The van der Waals surface area contributed by atoms with Crippen molar-refractivity contribution in [3.8, 4) is 0 Å². The Morgan fingerprint density at radius 3 is 1.94 bits per heavy atom. The molecule has 10 nitrogen and oxygen atoms in total. The van der Waals surface area contributed by atoms with E-state index in [9.17, 15) is 14.2 Å². The van der Waals surface area contributed by atoms with Crippen molar-refractivity contribution in [3.63, 3.8) is 0 Å². The molecule has 0 amide bonds. The molecule has 17 heavy (non-hydrogen) atoms. The van der Waals surface area contributed by atoms with Crippen molar-refractivity contribution in [3.05, 3.63) is 18.5 Å². The van der Waals surface area contributed by atoms with Crippen LogP contribution in [0.15, 0.2) is 18.5 Å². The number of aliphatic hydroxyl groups is 1. The van der Waals surface area contributed by atoms with Crippen LogP contribution in [0.2, 0.25) is 0 Å². The normalized spacial score (nSPS) is 13.2. The summed E-state index contributed by atoms with van der Waals surface area (Å²) in [4.78, 5) is 35.2. The standard InChI is InChI=1S/C5H10N2O7P2.H2O/c8-5(15(9,10)11,16(12,13)14)4-7-3-1-2-6-7;/h1-3,8H,4H2,(H2,9,10,11)(H2,12,13,14);1H2. The molecule has 7 N–H and O–H groups in total. The van der Waals surface area contributed by atoms with Crippen molar-refractivity contribution in [2.45, 2.75) is 11.6 Å². The molecule has 1 rings (SSSR count). The van der Waals surface area contributed by atoms with Gasteiger partial charge < -0.3 is 30.2 Å². The molecule has 100 valence electrons. The predicted molar refractivity (Wildman–Crippen MR) is 54.9 cm³/mol. The second kappa shape index (κ2) is 4.97. The van der Waals surface area contributed by atoms with E-state index < -0.39 is 26.8 Å². The maximum absolute atomic E-state index is 10.9. The van der Waals surface area contributed by atoms with Gasteiger partial charge in [0.2, 0.25) is 0 Å². The van der Waals surface area contributed by atoms with Crippen molar-refractivity contribution in [1.82, 2.24) is 9.78 Å². The van der Waals surface area contributed by atoms with Gasteiger partial charge >= 0.3 is 15.2 Å². The van der Waals surface area contributed by atoms with E-state index in [1.807, 2.05) is 0 Å². The molecule has 0 aromatic carbocycles. The van der Waals surface area contributed by atoms with Crippen molar-refractivity contribution in [2.24, 2.45) is 0 Å². The Balaban J connectivity index is 0.00000256. The summed E-state index contributed by atoms with van der Waals surface area (Å²) in [5, 5.41) is 9.50. The lowest BCUT2D eigenvalue weighted by molar-refractivity contribution is 0.111. The van der Waals surface area contributed by atoms with E-state index in [4.69, 9.17) is 19.6 Å². The van der Waals surface area contributed by atoms with Gasteiger partial charge in [0.1, 0.15) is 0 Å². The summed E-state index contributed by atoms with van der Waals surface area (Å²) >= 11 is 0. The smallest absolute Gasteiger partial charge is 0.371 e. The van der Waals surface area contributed by atoms with Gasteiger partial charge in [0.05, 0.1) is 6.54 Å². The maximum Gasteiger partial charge on any atom is 0.371 e. The molecule has 0 aliphatic rings. The number of nitrogens with zero attached hydrogens (tertiary/aromatic N) is 2. The highest BCUT2D eigenvalue weighted by Crippen LogP contribution is 2.67. The Labute approximate surface area is 95.1 Å². The van der Waals surface area contributed by atoms with Crippen LogP contribution < -0.4 is 0 Å². The summed E-state index contributed by atoms with van der Waals surface area (Å²) in [5.74, 6) is 0. The Hall–Kier alpha value is -0.570. The Morgan fingerprint density at radius 1 is 1.18 bits per heavy atom. The van der Waals surface area contributed by atoms with Crippen LogP contribution in [0.4, 0.5) is 0 Å². The minimum absolute atomic E-state index is 0. The third kappa shape index (κ3) is 3.21. The zero-order valence-corrected chi connectivity index (χ0v) is 10.1. The van der Waals surface area contributed by atoms with Crippen LogP contribution in [0, 0.1) is 0 Å². The SMILES string of the molecule is O.O=P(O)(O)C(O)(Cn1cccn1)P(=O)(O)O. The van der Waals surface area contributed by atoms with E-state index in [1.54, 1.807) is 0 Å². The highest BCUT2D eigenvalue weighted by molar-refractivity contribution is 7.72. The summed E-state index contributed by atoms with van der Waals surface area (Å²) in [5.41, 5.74) is 0. The third-order valence-electron chi connectivity index (χ3n) is 1.87. The molecule has 0 aliphatic heterocycles. The predicted octanol–water partition coefficient (Wildman–Crippen LogP) is -1.94. The maximum atomic E-state index is 10.9. The highest BCUT2D eigenvalue weighted by atomic mass is 31.2. The summed E-state index contributed by atoms with van der Waals surface area (Å²) in [6, 6.07) is 1.37. The average Bonchev–Trinajstić information content (AvgIpc) is 2.52. The van der Waals surface area contributed by atoms with E-state index in [0.717, 1.165) is 4.68 Å². The Morgan fingerprint density at radius 2 is 1.65 bits per heavy atom. The van der Waals surface area contributed by atoms with E-state index in [2.05, 4.69) is 5.10 Å². The monoisotopic (exact) mass is 290 g/mol. The molecule has 0 atom stereocenters. The fraction of sp³-hybridized carbons (Fsp3) is 0.400. The molecule has 0 saturated heterocycles. The van der Waals surface area contributed by atoms with E-state index in [-0.39, 0.29) is 5.48 Å². The molecule has 1 aromatic heterocycles. The fourth-order valence-electron chi connectivity index (χ4n) is 0.965. The first-order chi connectivity index (χ1) is 7.08. The quantitative estimate of drug-likeness (QED) is 0.396. The summed E-state index contributed by atoms with van der Waals surface area (Å²) < 4.78 is 22.7. The highest BCUT2D eigenvalue weighted by Gasteiger charge is 2.59. The van der Waals surface area contributed by atoms with E-state index in [1.165, 1.54) is 18.5 Å². The molecule has 0 bridgehead atoms. The molecule has 0 unspecified atom stereocenters. The molecular formula is C5H12N2O8P2. The van der Waals surface area contributed by atoms with Crippen molar-refractivity contribution < 1.29 is 39.3 Å². The van der Waals surface area contributed by atoms with Crippen molar-refractivity contribution in [1.29, 1.82) is 0 Å². The number of hydrogen-bond donors (Lipinski definition) is 5. The molecule has 1 aromatic rings. The van der Waals surface area contributed by atoms with Crippen LogP contribution >= 0.6 is 15.2 Å². The van der Waals surface area contributed by atoms with Gasteiger partial charge in [-0.15, -0.1) is 0 Å². The Bertz CT molecular complexity index is 424. The van der Waals surface area contributed by atoms with Gasteiger partial charge in [-0.05, 0) is 6.07 Å². The topological polar surface area (TPSA) is 185 Å². The molecule has 0 fully saturated rings. The first-order valence-electron chi connectivity index (χ1n) is 3.89. The van der Waals surface area contributed by atoms with Gasteiger partial charge in [0.15, 0.2) is 0 Å². The zero-order valence-electron chi connectivity index (χ0n) is 8.28. The van der Waals surface area contributed by atoms with Gasteiger partial charge in [-0.2, -0.15) is 5.10 Å². The number of aromatic nitrogens is 2. The molecule has 12 heteroatoms. The second-order valence-corrected chi connectivity index (χ2v) is 7.07. The molecule has 0 radical (unpaired) electrons. The largest absolute Gasteiger partial charge is 0.412 e. The summed E-state index contributed by atoms with van der Waals surface area (Å²) in [7, 11) is -10.8. The van der Waals surface area contributed by atoms with Crippen LogP contribution in [-0.2, 0) is 15.7 Å². The molecule has 0 saturated carbocycles. The Kier molecular flexibility index (Phi) is 4.80. The van der Waals surface area contributed by atoms with Crippen LogP contribution in [0.25, 0.3) is 0 Å². The zero-order chi connectivity index (χ0) is 12.6. The first kappa shape index (κ1) is 16.4. The van der Waals surface area contributed by atoms with E-state index in [0.29, 0.717) is 0 Å². The molecule has 0 aliphatic carbocycles. The fourth-order valence-corrected chi connectivity index (χ4v) is 2.98. The molecular weight excluding hydrogens is 278 g/mol. The van der Waals surface area contributed by atoms with Gasteiger partial charge in [-0.1, -0.05) is 0 Å². The lowest BCUT2D eigenvalue weighted by Crippen LogP contribution is -2.34. The number of rotatable bonds is 4. The van der Waals surface area contributed by atoms with Gasteiger partial charge in [-0.3, -0.25) is 13.8 Å². The third-order valence-corrected chi connectivity index (χ3v) is 5.58. The van der Waals surface area contributed by atoms with Crippen LogP contribution in [-0.4, -0.2) is 45.0 Å². The lowest BCUT2D eigenvalue weighted by atomic mass is 10.6. The first-order valence-corrected chi connectivity index (χ1v) is 7.11. The molecule has 0 spiro atoms. The van der Waals surface area contributed by atoms with Crippen LogP contribution in [0.3, 0.4) is 0 Å². The van der Waals surface area contributed by atoms with Crippen molar-refractivity contribution in [2.75, 3.05) is 0 Å². The van der Waals surface area contributed by atoms with Gasteiger partial charge in [0.25, 0.3) is 5.08 Å². The van der Waals surface area contributed by atoms with Crippen molar-refractivity contribution >= 4 is 15.2 Å². The summed E-state index contributed by atoms with van der Waals surface area (Å²) in [6.45, 7) is -1.01. The van der Waals surface area contributed by atoms with Gasteiger partial charge in [-0.25, -0.2) is 0 Å². The van der Waals surface area contributed by atoms with Gasteiger partial charge in [0, 0.05) is 12.4 Å². The van der Waals surface area contributed by atoms with Crippen LogP contribution in [0.1, 0.15) is 0 Å². The molecule has 1 heterocycles. The second-order valence-electron chi connectivity index (χ2n) is 3.07.